The molecule has 0 aliphatic carbocycles. The minimum absolute atomic E-state index is 0.209. The molecular formula is C24H31N5O3S. The second kappa shape index (κ2) is 8.07. The molecule has 0 spiro atoms. The number of nitrogens with one attached hydrogen (secondary N) is 2. The van der Waals surface area contributed by atoms with Gasteiger partial charge in [-0.25, -0.2) is 18.4 Å². The third-order valence-electron chi connectivity index (χ3n) is 6.96. The average molecular weight is 470 g/mol. The number of rotatable bonds is 6. The van der Waals surface area contributed by atoms with Gasteiger partial charge in [-0.2, -0.15) is 0 Å². The Bertz CT molecular complexity index is 1290. The van der Waals surface area contributed by atoms with Crippen molar-refractivity contribution in [2.24, 2.45) is 0 Å². The summed E-state index contributed by atoms with van der Waals surface area (Å²) in [4.78, 5) is 15.4. The van der Waals surface area contributed by atoms with Crippen LogP contribution in [-0.4, -0.2) is 62.0 Å². The van der Waals surface area contributed by atoms with Gasteiger partial charge in [0, 0.05) is 31.6 Å². The Labute approximate surface area is 194 Å². The van der Waals surface area contributed by atoms with Gasteiger partial charge in [0.15, 0.2) is 9.84 Å². The zero-order chi connectivity index (χ0) is 23.4. The molecule has 2 fully saturated rings. The van der Waals surface area contributed by atoms with Crippen LogP contribution in [-0.2, 0) is 25.9 Å². The number of aromatic nitrogens is 3. The van der Waals surface area contributed by atoms with E-state index < -0.39 is 14.6 Å². The molecule has 8 nitrogen and oxygen atoms in total. The number of morpholine rings is 1. The Morgan fingerprint density at radius 2 is 1.85 bits per heavy atom. The Hall–Kier alpha value is -2.49. The van der Waals surface area contributed by atoms with E-state index in [4.69, 9.17) is 14.7 Å². The number of anilines is 1. The smallest absolute Gasteiger partial charge is 0.156 e. The van der Waals surface area contributed by atoms with Crippen LogP contribution < -0.4 is 10.2 Å². The van der Waals surface area contributed by atoms with E-state index in [0.29, 0.717) is 5.69 Å². The lowest BCUT2D eigenvalue weighted by molar-refractivity contribution is 0.0302. The van der Waals surface area contributed by atoms with E-state index in [1.165, 1.54) is 6.26 Å². The molecule has 176 valence electrons. The zero-order valence-corrected chi connectivity index (χ0v) is 20.4. The maximum absolute atomic E-state index is 12.7. The van der Waals surface area contributed by atoms with E-state index >= 15 is 0 Å². The van der Waals surface area contributed by atoms with E-state index in [2.05, 4.69) is 15.2 Å². The van der Waals surface area contributed by atoms with Gasteiger partial charge in [0.25, 0.3) is 0 Å². The standard InChI is InChI=1S/C24H31N5O3S/c1-24(2,33(4,30)31)15-9-21(20-8-7-19-22(27-20)11-16(26-19)12-25-3)28-23(10-15)29-13-17-5-6-18(14-29)32-17/h7-11,17-18,25-26H,5-6,12-14H2,1-4H3. The fourth-order valence-electron chi connectivity index (χ4n) is 4.67. The summed E-state index contributed by atoms with van der Waals surface area (Å²) in [6, 6.07) is 9.76. The molecule has 2 N–H and O–H groups in total. The van der Waals surface area contributed by atoms with E-state index in [1.54, 1.807) is 13.8 Å². The molecule has 0 aromatic carbocycles. The van der Waals surface area contributed by atoms with Crippen LogP contribution in [0.5, 0.6) is 0 Å². The first-order valence-electron chi connectivity index (χ1n) is 11.4. The maximum atomic E-state index is 12.7. The van der Waals surface area contributed by atoms with Gasteiger partial charge in [0.05, 0.1) is 39.4 Å². The van der Waals surface area contributed by atoms with Gasteiger partial charge in [0.2, 0.25) is 0 Å². The topological polar surface area (TPSA) is 100 Å². The highest BCUT2D eigenvalue weighted by Crippen LogP contribution is 2.36. The number of H-pyrrole nitrogens is 1. The van der Waals surface area contributed by atoms with Crippen LogP contribution in [0.15, 0.2) is 30.3 Å². The van der Waals surface area contributed by atoms with Crippen molar-refractivity contribution in [3.05, 3.63) is 41.6 Å². The van der Waals surface area contributed by atoms with Crippen molar-refractivity contribution in [3.63, 3.8) is 0 Å². The van der Waals surface area contributed by atoms with Crippen molar-refractivity contribution in [1.82, 2.24) is 20.3 Å². The molecule has 2 atom stereocenters. The van der Waals surface area contributed by atoms with E-state index in [0.717, 1.165) is 66.3 Å². The average Bonchev–Trinajstić information content (AvgIpc) is 3.33. The fraction of sp³-hybridized carbons (Fsp3) is 0.500. The third-order valence-corrected chi connectivity index (χ3v) is 9.05. The van der Waals surface area contributed by atoms with Gasteiger partial charge in [-0.05, 0) is 69.6 Å². The molecule has 2 bridgehead atoms. The van der Waals surface area contributed by atoms with E-state index in [9.17, 15) is 8.42 Å². The van der Waals surface area contributed by atoms with Crippen LogP contribution in [0.4, 0.5) is 5.82 Å². The number of sulfone groups is 1. The fourth-order valence-corrected chi connectivity index (χ4v) is 5.21. The molecule has 0 amide bonds. The molecule has 2 saturated heterocycles. The lowest BCUT2D eigenvalue weighted by Crippen LogP contribution is -2.43. The predicted molar refractivity (Wildman–Crippen MR) is 130 cm³/mol. The van der Waals surface area contributed by atoms with Crippen LogP contribution >= 0.6 is 0 Å². The minimum Gasteiger partial charge on any atom is -0.371 e. The number of aromatic amines is 1. The van der Waals surface area contributed by atoms with Gasteiger partial charge in [-0.1, -0.05) is 0 Å². The predicted octanol–water partition coefficient (Wildman–Crippen LogP) is 2.99. The highest BCUT2D eigenvalue weighted by atomic mass is 32.2. The van der Waals surface area contributed by atoms with Crippen molar-refractivity contribution in [3.8, 4) is 11.4 Å². The summed E-state index contributed by atoms with van der Waals surface area (Å²) in [6.07, 6.45) is 3.82. The first-order chi connectivity index (χ1) is 15.6. The molecular weight excluding hydrogens is 438 g/mol. The van der Waals surface area contributed by atoms with Crippen LogP contribution in [0.2, 0.25) is 0 Å². The summed E-state index contributed by atoms with van der Waals surface area (Å²) in [7, 11) is -1.45. The summed E-state index contributed by atoms with van der Waals surface area (Å²) in [5.74, 6) is 0.784. The molecule has 5 rings (SSSR count). The Morgan fingerprint density at radius 1 is 1.12 bits per heavy atom. The summed E-state index contributed by atoms with van der Waals surface area (Å²) in [6.45, 7) is 5.76. The molecule has 33 heavy (non-hydrogen) atoms. The first kappa shape index (κ1) is 22.3. The molecule has 3 aromatic heterocycles. The van der Waals surface area contributed by atoms with E-state index in [1.807, 2.05) is 37.4 Å². The molecule has 9 heteroatoms. The van der Waals surface area contributed by atoms with Crippen molar-refractivity contribution < 1.29 is 13.2 Å². The second-order valence-electron chi connectivity index (χ2n) is 9.70. The number of hydrogen-bond donors (Lipinski definition) is 2. The monoisotopic (exact) mass is 469 g/mol. The lowest BCUT2D eigenvalue weighted by atomic mass is 10.0. The number of fused-ring (bicyclic) bond motifs is 3. The SMILES string of the molecule is CNCc1cc2nc(-c3cc(C(C)(C)S(C)(=O)=O)cc(N4CC5CCC(C4)O5)n3)ccc2[nH]1. The molecule has 2 unspecified atom stereocenters. The Balaban J connectivity index is 1.61. The van der Waals surface area contributed by atoms with Crippen molar-refractivity contribution in [1.29, 1.82) is 0 Å². The minimum atomic E-state index is -3.35. The third kappa shape index (κ3) is 4.13. The maximum Gasteiger partial charge on any atom is 0.156 e. The summed E-state index contributed by atoms with van der Waals surface area (Å²) < 4.78 is 30.3. The van der Waals surface area contributed by atoms with E-state index in [-0.39, 0.29) is 12.2 Å². The molecule has 2 aliphatic heterocycles. The van der Waals surface area contributed by atoms with Gasteiger partial charge >= 0.3 is 0 Å². The van der Waals surface area contributed by atoms with Gasteiger partial charge in [-0.3, -0.25) is 0 Å². The highest BCUT2D eigenvalue weighted by Gasteiger charge is 2.37. The first-order valence-corrected chi connectivity index (χ1v) is 13.3. The largest absolute Gasteiger partial charge is 0.371 e. The lowest BCUT2D eigenvalue weighted by Gasteiger charge is -2.34. The van der Waals surface area contributed by atoms with Gasteiger partial charge in [-0.15, -0.1) is 0 Å². The van der Waals surface area contributed by atoms with Crippen LogP contribution in [0.3, 0.4) is 0 Å². The number of pyridine rings is 2. The normalized spacial score (nSPS) is 21.2. The van der Waals surface area contributed by atoms with Crippen LogP contribution in [0.25, 0.3) is 22.4 Å². The number of ether oxygens (including phenoxy) is 1. The Morgan fingerprint density at radius 3 is 2.52 bits per heavy atom. The number of hydrogen-bond acceptors (Lipinski definition) is 7. The quantitative estimate of drug-likeness (QED) is 0.572. The molecule has 3 aromatic rings. The molecule has 0 saturated carbocycles. The molecule has 5 heterocycles. The molecule has 2 aliphatic rings. The second-order valence-corrected chi connectivity index (χ2v) is 12.3. The van der Waals surface area contributed by atoms with Crippen molar-refractivity contribution >= 4 is 26.7 Å². The van der Waals surface area contributed by atoms with Crippen molar-refractivity contribution in [2.75, 3.05) is 31.3 Å². The summed E-state index contributed by atoms with van der Waals surface area (Å²) in [5, 5.41) is 3.14. The molecule has 0 radical (unpaired) electrons. The van der Waals surface area contributed by atoms with Gasteiger partial charge in [0.1, 0.15) is 5.82 Å². The Kier molecular flexibility index (Phi) is 5.46. The van der Waals surface area contributed by atoms with Gasteiger partial charge < -0.3 is 19.9 Å². The number of nitrogens with zero attached hydrogens (tertiary/aromatic N) is 3. The summed E-state index contributed by atoms with van der Waals surface area (Å²) in [5.41, 5.74) is 4.99. The van der Waals surface area contributed by atoms with Crippen LogP contribution in [0, 0.1) is 0 Å². The van der Waals surface area contributed by atoms with Crippen LogP contribution in [0.1, 0.15) is 37.9 Å². The van der Waals surface area contributed by atoms with Crippen molar-refractivity contribution in [2.45, 2.75) is 50.2 Å². The zero-order valence-electron chi connectivity index (χ0n) is 19.6. The summed E-state index contributed by atoms with van der Waals surface area (Å²) >= 11 is 0. The highest BCUT2D eigenvalue weighted by molar-refractivity contribution is 7.91.